The van der Waals surface area contributed by atoms with Crippen LogP contribution in [-0.2, 0) is 0 Å². The minimum atomic E-state index is 0.501. The number of thiazole rings is 1. The van der Waals surface area contributed by atoms with Crippen LogP contribution in [0.25, 0.3) is 0 Å². The van der Waals surface area contributed by atoms with Gasteiger partial charge < -0.3 is 5.32 Å². The summed E-state index contributed by atoms with van der Waals surface area (Å²) in [5.74, 6) is 0. The molecule has 1 fully saturated rings. The Morgan fingerprint density at radius 1 is 1.50 bits per heavy atom. The lowest BCUT2D eigenvalue weighted by Gasteiger charge is -2.33. The molecule has 2 atom stereocenters. The Hall–Kier alpha value is -0.450. The van der Waals surface area contributed by atoms with Gasteiger partial charge in [-0.15, -0.1) is 11.3 Å². The van der Waals surface area contributed by atoms with Gasteiger partial charge in [0.25, 0.3) is 0 Å². The molecule has 0 amide bonds. The molecule has 1 N–H and O–H groups in total. The Morgan fingerprint density at radius 2 is 2.28 bits per heavy atom. The second-order valence-corrected chi connectivity index (χ2v) is 6.48. The van der Waals surface area contributed by atoms with E-state index in [1.807, 2.05) is 11.3 Å². The van der Waals surface area contributed by atoms with Crippen molar-refractivity contribution in [2.45, 2.75) is 52.6 Å². The van der Waals surface area contributed by atoms with Crippen molar-refractivity contribution in [3.8, 4) is 0 Å². The summed E-state index contributed by atoms with van der Waals surface area (Å²) in [6.45, 7) is 12.4. The second kappa shape index (κ2) is 6.13. The van der Waals surface area contributed by atoms with E-state index in [0.717, 1.165) is 13.1 Å². The van der Waals surface area contributed by atoms with E-state index in [1.54, 1.807) is 0 Å². The van der Waals surface area contributed by atoms with Crippen LogP contribution >= 0.6 is 11.3 Å². The minimum Gasteiger partial charge on any atom is -0.315 e. The smallest absolute Gasteiger partial charge is 0.0900 e. The van der Waals surface area contributed by atoms with E-state index in [1.165, 1.54) is 35.0 Å². The Labute approximate surface area is 115 Å². The van der Waals surface area contributed by atoms with Crippen LogP contribution in [0.1, 0.15) is 48.3 Å². The quantitative estimate of drug-likeness (QED) is 0.889. The maximum atomic E-state index is 4.58. The lowest BCUT2D eigenvalue weighted by molar-refractivity contribution is 0.155. The number of nitrogens with one attached hydrogen (secondary N) is 1. The number of aryl methyl sites for hydroxylation is 2. The van der Waals surface area contributed by atoms with Crippen LogP contribution in [0, 0.1) is 13.8 Å². The fourth-order valence-electron chi connectivity index (χ4n) is 2.96. The van der Waals surface area contributed by atoms with Crippen molar-refractivity contribution in [1.82, 2.24) is 15.2 Å². The highest BCUT2D eigenvalue weighted by Crippen LogP contribution is 2.31. The molecule has 0 aliphatic carbocycles. The van der Waals surface area contributed by atoms with Crippen molar-refractivity contribution in [3.05, 3.63) is 15.6 Å². The molecule has 2 unspecified atom stereocenters. The summed E-state index contributed by atoms with van der Waals surface area (Å²) in [4.78, 5) is 8.70. The van der Waals surface area contributed by atoms with Crippen LogP contribution in [0.15, 0.2) is 0 Å². The molecule has 1 aliphatic rings. The van der Waals surface area contributed by atoms with E-state index < -0.39 is 0 Å². The van der Waals surface area contributed by atoms with Gasteiger partial charge >= 0.3 is 0 Å². The normalized spacial score (nSPS) is 21.7. The van der Waals surface area contributed by atoms with Gasteiger partial charge in [0.15, 0.2) is 0 Å². The first-order chi connectivity index (χ1) is 8.63. The lowest BCUT2D eigenvalue weighted by Crippen LogP contribution is -2.39. The van der Waals surface area contributed by atoms with Crippen LogP contribution in [-0.4, -0.2) is 35.6 Å². The molecule has 1 aromatic heterocycles. The Bertz CT molecular complexity index is 382. The number of nitrogens with zero attached hydrogens (tertiary/aromatic N) is 2. The van der Waals surface area contributed by atoms with E-state index in [2.05, 4.69) is 42.9 Å². The molecule has 102 valence electrons. The molecule has 1 aliphatic heterocycles. The summed E-state index contributed by atoms with van der Waals surface area (Å²) in [6.07, 6.45) is 2.50. The molecule has 0 aromatic carbocycles. The largest absolute Gasteiger partial charge is 0.315 e. The molecular formula is C14H25N3S. The molecule has 1 saturated heterocycles. The van der Waals surface area contributed by atoms with Crippen LogP contribution in [0.3, 0.4) is 0 Å². The van der Waals surface area contributed by atoms with Crippen molar-refractivity contribution in [2.24, 2.45) is 0 Å². The molecule has 2 heterocycles. The molecule has 18 heavy (non-hydrogen) atoms. The summed E-state index contributed by atoms with van der Waals surface area (Å²) in [5.41, 5.74) is 1.22. The summed E-state index contributed by atoms with van der Waals surface area (Å²) in [7, 11) is 0. The van der Waals surface area contributed by atoms with Gasteiger partial charge in [-0.25, -0.2) is 4.98 Å². The zero-order valence-corrected chi connectivity index (χ0v) is 12.8. The number of rotatable bonds is 5. The predicted octanol–water partition coefficient (Wildman–Crippen LogP) is 2.89. The van der Waals surface area contributed by atoms with Crippen molar-refractivity contribution in [1.29, 1.82) is 0 Å². The molecule has 2 rings (SSSR count). The molecular weight excluding hydrogens is 242 g/mol. The van der Waals surface area contributed by atoms with Crippen molar-refractivity contribution < 1.29 is 0 Å². The molecule has 0 spiro atoms. The lowest BCUT2D eigenvalue weighted by atomic mass is 10.1. The van der Waals surface area contributed by atoms with Gasteiger partial charge in [0.1, 0.15) is 0 Å². The zero-order valence-electron chi connectivity index (χ0n) is 12.0. The molecule has 1 aromatic rings. The van der Waals surface area contributed by atoms with E-state index >= 15 is 0 Å². The number of hydrogen-bond acceptors (Lipinski definition) is 4. The third-order valence-electron chi connectivity index (χ3n) is 3.80. The second-order valence-electron chi connectivity index (χ2n) is 5.24. The summed E-state index contributed by atoms with van der Waals surface area (Å²) in [6, 6.07) is 1.20. The third kappa shape index (κ3) is 2.92. The van der Waals surface area contributed by atoms with Gasteiger partial charge in [-0.2, -0.15) is 0 Å². The van der Waals surface area contributed by atoms with Gasteiger partial charge in [0.05, 0.1) is 10.7 Å². The Kier molecular flexibility index (Phi) is 4.76. The first-order valence-corrected chi connectivity index (χ1v) is 7.85. The first-order valence-electron chi connectivity index (χ1n) is 7.03. The van der Waals surface area contributed by atoms with Crippen LogP contribution in [0.2, 0.25) is 0 Å². The van der Waals surface area contributed by atoms with Gasteiger partial charge in [0, 0.05) is 23.5 Å². The average Bonchev–Trinajstić information content (AvgIpc) is 2.95. The average molecular weight is 267 g/mol. The summed E-state index contributed by atoms with van der Waals surface area (Å²) >= 11 is 1.86. The molecule has 4 heteroatoms. The molecule has 3 nitrogen and oxygen atoms in total. The van der Waals surface area contributed by atoms with Gasteiger partial charge in [-0.3, -0.25) is 4.90 Å². The highest BCUT2D eigenvalue weighted by molar-refractivity contribution is 7.11. The van der Waals surface area contributed by atoms with Crippen molar-refractivity contribution in [3.63, 3.8) is 0 Å². The fraction of sp³-hybridized carbons (Fsp3) is 0.786. The summed E-state index contributed by atoms with van der Waals surface area (Å²) in [5, 5.41) is 4.67. The minimum absolute atomic E-state index is 0.501. The van der Waals surface area contributed by atoms with E-state index in [0.29, 0.717) is 12.1 Å². The van der Waals surface area contributed by atoms with Crippen LogP contribution in [0.4, 0.5) is 0 Å². The summed E-state index contributed by atoms with van der Waals surface area (Å²) < 4.78 is 0. The number of hydrogen-bond donors (Lipinski definition) is 1. The Morgan fingerprint density at radius 3 is 2.78 bits per heavy atom. The van der Waals surface area contributed by atoms with Gasteiger partial charge in [-0.1, -0.05) is 6.92 Å². The van der Waals surface area contributed by atoms with E-state index in [-0.39, 0.29) is 0 Å². The number of aromatic nitrogens is 1. The SMILES string of the molecule is CCCN(C1CCNC1)C(C)c1sc(C)nc1C. The first kappa shape index (κ1) is 14.0. The predicted molar refractivity (Wildman–Crippen MR) is 78.3 cm³/mol. The molecule has 0 bridgehead atoms. The van der Waals surface area contributed by atoms with Gasteiger partial charge in [0.2, 0.25) is 0 Å². The van der Waals surface area contributed by atoms with Crippen molar-refractivity contribution in [2.75, 3.05) is 19.6 Å². The third-order valence-corrected chi connectivity index (χ3v) is 5.04. The zero-order chi connectivity index (χ0) is 13.1. The fourth-order valence-corrected chi connectivity index (χ4v) is 3.96. The standard InChI is InChI=1S/C14H25N3S/c1-5-8-17(13-6-7-15-9-13)11(3)14-10(2)16-12(4)18-14/h11,13,15H,5-9H2,1-4H3. The maximum Gasteiger partial charge on any atom is 0.0900 e. The topological polar surface area (TPSA) is 28.2 Å². The van der Waals surface area contributed by atoms with Crippen molar-refractivity contribution >= 4 is 11.3 Å². The van der Waals surface area contributed by atoms with Gasteiger partial charge in [-0.05, 0) is 46.7 Å². The monoisotopic (exact) mass is 267 g/mol. The van der Waals surface area contributed by atoms with Crippen LogP contribution < -0.4 is 5.32 Å². The highest BCUT2D eigenvalue weighted by Gasteiger charge is 2.28. The van der Waals surface area contributed by atoms with E-state index in [4.69, 9.17) is 0 Å². The maximum absolute atomic E-state index is 4.58. The van der Waals surface area contributed by atoms with E-state index in [9.17, 15) is 0 Å². The van der Waals surface area contributed by atoms with Crippen LogP contribution in [0.5, 0.6) is 0 Å². The highest BCUT2D eigenvalue weighted by atomic mass is 32.1. The Balaban J connectivity index is 2.16. The molecule has 0 saturated carbocycles. The molecule has 0 radical (unpaired) electrons.